The molecule has 0 saturated heterocycles. The first-order valence-electron chi connectivity index (χ1n) is 6.70. The fourth-order valence-corrected chi connectivity index (χ4v) is 2.12. The fraction of sp³-hybridized carbons (Fsp3) is 0.125. The van der Waals surface area contributed by atoms with Crippen molar-refractivity contribution in [3.05, 3.63) is 52.5 Å². The van der Waals surface area contributed by atoms with Gasteiger partial charge in [0.2, 0.25) is 5.91 Å². The maximum absolute atomic E-state index is 11.9. The van der Waals surface area contributed by atoms with E-state index in [1.807, 2.05) is 0 Å². The Morgan fingerprint density at radius 3 is 2.22 bits per heavy atom. The summed E-state index contributed by atoms with van der Waals surface area (Å²) in [6, 6.07) is 11.7. The van der Waals surface area contributed by atoms with Crippen LogP contribution in [-0.2, 0) is 9.59 Å². The lowest BCUT2D eigenvalue weighted by Gasteiger charge is -2.10. The van der Waals surface area contributed by atoms with E-state index >= 15 is 0 Å². The summed E-state index contributed by atoms with van der Waals surface area (Å²) < 4.78 is 5.34. The molecule has 0 atom stereocenters. The first kappa shape index (κ1) is 17.1. The number of anilines is 2. The van der Waals surface area contributed by atoms with Crippen LogP contribution in [0.4, 0.5) is 11.4 Å². The molecular formula is C16H14Cl2N2O3. The van der Waals surface area contributed by atoms with Crippen LogP contribution in [0, 0.1) is 0 Å². The van der Waals surface area contributed by atoms with Crippen molar-refractivity contribution >= 4 is 46.4 Å². The summed E-state index contributed by atoms with van der Waals surface area (Å²) in [6.45, 7) is 1.22. The van der Waals surface area contributed by atoms with Crippen molar-refractivity contribution in [1.82, 2.24) is 0 Å². The third kappa shape index (κ3) is 5.16. The average Bonchev–Trinajstić information content (AvgIpc) is 2.50. The summed E-state index contributed by atoms with van der Waals surface area (Å²) in [5, 5.41) is 5.94. The Kier molecular flexibility index (Phi) is 5.84. The topological polar surface area (TPSA) is 67.4 Å². The molecule has 0 aliphatic carbocycles. The molecule has 0 aliphatic rings. The van der Waals surface area contributed by atoms with E-state index in [9.17, 15) is 9.59 Å². The summed E-state index contributed by atoms with van der Waals surface area (Å²) in [5.74, 6) is -0.155. The summed E-state index contributed by atoms with van der Waals surface area (Å²) in [5.41, 5.74) is 1.24. The van der Waals surface area contributed by atoms with E-state index in [1.54, 1.807) is 42.5 Å². The number of benzene rings is 2. The smallest absolute Gasteiger partial charge is 0.262 e. The first-order valence-corrected chi connectivity index (χ1v) is 7.45. The second kappa shape index (κ2) is 7.85. The summed E-state index contributed by atoms with van der Waals surface area (Å²) in [7, 11) is 0. The van der Waals surface area contributed by atoms with Crippen LogP contribution in [0.2, 0.25) is 10.0 Å². The highest BCUT2D eigenvalue weighted by Crippen LogP contribution is 2.31. The Bertz CT molecular complexity index is 718. The van der Waals surface area contributed by atoms with Crippen LogP contribution in [-0.4, -0.2) is 18.4 Å². The minimum absolute atomic E-state index is 0.159. The second-order valence-corrected chi connectivity index (χ2v) is 5.43. The lowest BCUT2D eigenvalue weighted by Crippen LogP contribution is -2.20. The quantitative estimate of drug-likeness (QED) is 0.855. The van der Waals surface area contributed by atoms with Gasteiger partial charge in [-0.1, -0.05) is 29.3 Å². The summed E-state index contributed by atoms with van der Waals surface area (Å²) in [4.78, 5) is 22.8. The zero-order valence-corrected chi connectivity index (χ0v) is 13.7. The highest BCUT2D eigenvalue weighted by atomic mass is 35.5. The lowest BCUT2D eigenvalue weighted by molar-refractivity contribution is -0.118. The van der Waals surface area contributed by atoms with Crippen molar-refractivity contribution in [2.45, 2.75) is 6.92 Å². The van der Waals surface area contributed by atoms with Gasteiger partial charge in [-0.05, 0) is 36.4 Å². The number of amides is 2. The van der Waals surface area contributed by atoms with E-state index in [-0.39, 0.29) is 23.4 Å². The molecule has 0 radical (unpaired) electrons. The molecule has 120 valence electrons. The van der Waals surface area contributed by atoms with Crippen LogP contribution >= 0.6 is 23.2 Å². The monoisotopic (exact) mass is 352 g/mol. The van der Waals surface area contributed by atoms with Gasteiger partial charge in [0, 0.05) is 18.3 Å². The highest BCUT2D eigenvalue weighted by Gasteiger charge is 2.08. The SMILES string of the molecule is CC(=O)Nc1ccc(NC(=O)COc2cccc(Cl)c2Cl)cc1. The molecular weight excluding hydrogens is 339 g/mol. The number of ether oxygens (including phenoxy) is 1. The molecule has 7 heteroatoms. The van der Waals surface area contributed by atoms with E-state index in [1.165, 1.54) is 6.92 Å². The molecule has 2 aromatic rings. The van der Waals surface area contributed by atoms with Gasteiger partial charge in [0.1, 0.15) is 10.8 Å². The van der Waals surface area contributed by atoms with Crippen LogP contribution in [0.25, 0.3) is 0 Å². The van der Waals surface area contributed by atoms with Crippen molar-refractivity contribution in [3.63, 3.8) is 0 Å². The highest BCUT2D eigenvalue weighted by molar-refractivity contribution is 6.42. The maximum Gasteiger partial charge on any atom is 0.262 e. The molecule has 0 fully saturated rings. The Morgan fingerprint density at radius 2 is 1.61 bits per heavy atom. The third-order valence-electron chi connectivity index (χ3n) is 2.76. The average molecular weight is 353 g/mol. The van der Waals surface area contributed by atoms with Crippen LogP contribution in [0.1, 0.15) is 6.92 Å². The van der Waals surface area contributed by atoms with E-state index in [2.05, 4.69) is 10.6 Å². The zero-order valence-electron chi connectivity index (χ0n) is 12.2. The van der Waals surface area contributed by atoms with Gasteiger partial charge in [-0.2, -0.15) is 0 Å². The van der Waals surface area contributed by atoms with Crippen LogP contribution < -0.4 is 15.4 Å². The molecule has 2 aromatic carbocycles. The minimum atomic E-state index is -0.340. The number of hydrogen-bond donors (Lipinski definition) is 2. The fourth-order valence-electron chi connectivity index (χ4n) is 1.78. The normalized spacial score (nSPS) is 10.0. The van der Waals surface area contributed by atoms with Crippen LogP contribution in [0.3, 0.4) is 0 Å². The summed E-state index contributed by atoms with van der Waals surface area (Å²) in [6.07, 6.45) is 0. The number of carbonyl (C=O) groups is 2. The molecule has 2 rings (SSSR count). The lowest BCUT2D eigenvalue weighted by atomic mass is 10.2. The van der Waals surface area contributed by atoms with Gasteiger partial charge in [-0.25, -0.2) is 0 Å². The largest absolute Gasteiger partial charge is 0.482 e. The van der Waals surface area contributed by atoms with Crippen molar-refractivity contribution in [2.24, 2.45) is 0 Å². The molecule has 0 aromatic heterocycles. The van der Waals surface area contributed by atoms with Crippen molar-refractivity contribution in [3.8, 4) is 5.75 Å². The molecule has 2 N–H and O–H groups in total. The van der Waals surface area contributed by atoms with E-state index < -0.39 is 0 Å². The Morgan fingerprint density at radius 1 is 1.00 bits per heavy atom. The maximum atomic E-state index is 11.9. The second-order valence-electron chi connectivity index (χ2n) is 4.65. The Labute approximate surface area is 143 Å². The first-order chi connectivity index (χ1) is 11.0. The molecule has 0 unspecified atom stereocenters. The third-order valence-corrected chi connectivity index (χ3v) is 3.57. The number of nitrogens with one attached hydrogen (secondary N) is 2. The number of rotatable bonds is 5. The predicted octanol–water partition coefficient (Wildman–Crippen LogP) is 3.97. The number of carbonyl (C=O) groups excluding carboxylic acids is 2. The van der Waals surface area contributed by atoms with Gasteiger partial charge in [0.25, 0.3) is 5.91 Å². The summed E-state index contributed by atoms with van der Waals surface area (Å²) >= 11 is 11.8. The number of halogens is 2. The van der Waals surface area contributed by atoms with E-state index in [0.717, 1.165) is 0 Å². The van der Waals surface area contributed by atoms with Crippen molar-refractivity contribution in [1.29, 1.82) is 0 Å². The molecule has 0 spiro atoms. The van der Waals surface area contributed by atoms with Gasteiger partial charge >= 0.3 is 0 Å². The molecule has 0 bridgehead atoms. The Balaban J connectivity index is 1.89. The molecule has 0 saturated carbocycles. The van der Waals surface area contributed by atoms with Gasteiger partial charge in [-0.3, -0.25) is 9.59 Å². The van der Waals surface area contributed by atoms with Gasteiger partial charge in [-0.15, -0.1) is 0 Å². The Hall–Kier alpha value is -2.24. The van der Waals surface area contributed by atoms with E-state index in [0.29, 0.717) is 22.1 Å². The number of hydrogen-bond acceptors (Lipinski definition) is 3. The predicted molar refractivity (Wildman–Crippen MR) is 91.3 cm³/mol. The van der Waals surface area contributed by atoms with Gasteiger partial charge in [0.05, 0.1) is 5.02 Å². The molecule has 5 nitrogen and oxygen atoms in total. The molecule has 2 amide bonds. The van der Waals surface area contributed by atoms with Crippen molar-refractivity contribution < 1.29 is 14.3 Å². The standard InChI is InChI=1S/C16H14Cl2N2O3/c1-10(21)19-11-5-7-12(8-6-11)20-15(22)9-23-14-4-2-3-13(17)16(14)18/h2-8H,9H2,1H3,(H,19,21)(H,20,22). The zero-order chi connectivity index (χ0) is 16.8. The molecule has 0 heterocycles. The van der Waals surface area contributed by atoms with Crippen molar-refractivity contribution in [2.75, 3.05) is 17.2 Å². The van der Waals surface area contributed by atoms with E-state index in [4.69, 9.17) is 27.9 Å². The van der Waals surface area contributed by atoms with Crippen LogP contribution in [0.5, 0.6) is 5.75 Å². The minimum Gasteiger partial charge on any atom is -0.482 e. The molecule has 23 heavy (non-hydrogen) atoms. The molecule has 0 aliphatic heterocycles. The van der Waals surface area contributed by atoms with Crippen LogP contribution in [0.15, 0.2) is 42.5 Å². The van der Waals surface area contributed by atoms with Gasteiger partial charge < -0.3 is 15.4 Å². The van der Waals surface area contributed by atoms with Gasteiger partial charge in [0.15, 0.2) is 6.61 Å².